The molecule has 1 fully saturated rings. The molecule has 0 amide bonds. The van der Waals surface area contributed by atoms with E-state index in [1.807, 2.05) is 6.07 Å². The van der Waals surface area contributed by atoms with E-state index < -0.39 is 0 Å². The summed E-state index contributed by atoms with van der Waals surface area (Å²) in [4.78, 5) is 0. The molecular formula is C19H20ClN. The van der Waals surface area contributed by atoms with Gasteiger partial charge in [0.25, 0.3) is 0 Å². The molecule has 1 heterocycles. The highest BCUT2D eigenvalue weighted by Crippen LogP contribution is 2.52. The minimum Gasteiger partial charge on any atom is -0.310 e. The van der Waals surface area contributed by atoms with Crippen molar-refractivity contribution in [2.45, 2.75) is 31.7 Å². The molecule has 0 aromatic heterocycles. The van der Waals surface area contributed by atoms with Crippen LogP contribution in [0.5, 0.6) is 0 Å². The molecule has 3 unspecified atom stereocenters. The number of halogens is 1. The van der Waals surface area contributed by atoms with Gasteiger partial charge in [0.05, 0.1) is 0 Å². The van der Waals surface area contributed by atoms with Gasteiger partial charge < -0.3 is 5.32 Å². The van der Waals surface area contributed by atoms with Gasteiger partial charge in [-0.25, -0.2) is 0 Å². The highest BCUT2D eigenvalue weighted by molar-refractivity contribution is 6.30. The van der Waals surface area contributed by atoms with Crippen LogP contribution in [0.4, 0.5) is 0 Å². The first kappa shape index (κ1) is 13.4. The molecule has 108 valence electrons. The lowest BCUT2D eigenvalue weighted by Crippen LogP contribution is -2.32. The average Bonchev–Trinajstić information content (AvgIpc) is 2.82. The fourth-order valence-electron chi connectivity index (χ4n) is 4.14. The molecule has 2 aromatic rings. The van der Waals surface area contributed by atoms with Gasteiger partial charge in [0, 0.05) is 17.0 Å². The first-order valence-corrected chi connectivity index (χ1v) is 8.21. The van der Waals surface area contributed by atoms with Crippen LogP contribution >= 0.6 is 11.6 Å². The quantitative estimate of drug-likeness (QED) is 0.794. The van der Waals surface area contributed by atoms with E-state index in [1.54, 1.807) is 0 Å². The summed E-state index contributed by atoms with van der Waals surface area (Å²) in [7, 11) is 0. The molecular weight excluding hydrogens is 278 g/mol. The van der Waals surface area contributed by atoms with Crippen LogP contribution in [0.25, 0.3) is 0 Å². The lowest BCUT2D eigenvalue weighted by Gasteiger charge is -2.31. The third-order valence-electron chi connectivity index (χ3n) is 5.09. The number of aryl methyl sites for hydroxylation is 1. The molecule has 2 aliphatic rings. The Hall–Kier alpha value is -1.31. The number of fused-ring (bicyclic) bond motifs is 3. The van der Waals surface area contributed by atoms with Crippen molar-refractivity contribution < 1.29 is 0 Å². The lowest BCUT2D eigenvalue weighted by atomic mass is 9.80. The van der Waals surface area contributed by atoms with Crippen LogP contribution < -0.4 is 5.32 Å². The Labute approximate surface area is 131 Å². The summed E-state index contributed by atoms with van der Waals surface area (Å²) >= 11 is 6.28. The first-order chi connectivity index (χ1) is 10.2. The van der Waals surface area contributed by atoms with Gasteiger partial charge in [-0.05, 0) is 61.1 Å². The number of piperidine rings is 1. The van der Waals surface area contributed by atoms with Crippen LogP contribution in [-0.2, 0) is 0 Å². The van der Waals surface area contributed by atoms with E-state index in [-0.39, 0.29) is 0 Å². The van der Waals surface area contributed by atoms with Crippen LogP contribution in [0.3, 0.4) is 0 Å². The van der Waals surface area contributed by atoms with Crippen LogP contribution in [0.2, 0.25) is 5.02 Å². The maximum absolute atomic E-state index is 6.28. The second kappa shape index (κ2) is 5.15. The van der Waals surface area contributed by atoms with Gasteiger partial charge in [0.2, 0.25) is 0 Å². The van der Waals surface area contributed by atoms with E-state index >= 15 is 0 Å². The maximum atomic E-state index is 6.28. The molecule has 0 spiro atoms. The van der Waals surface area contributed by atoms with Crippen molar-refractivity contribution in [3.8, 4) is 0 Å². The maximum Gasteiger partial charge on any atom is 0.0409 e. The molecule has 0 bridgehead atoms. The second-order valence-electron chi connectivity index (χ2n) is 6.40. The fourth-order valence-corrected chi connectivity index (χ4v) is 4.32. The van der Waals surface area contributed by atoms with Crippen molar-refractivity contribution in [2.24, 2.45) is 5.92 Å². The minimum absolute atomic E-state index is 0.483. The summed E-state index contributed by atoms with van der Waals surface area (Å²) in [5, 5.41) is 4.58. The standard InChI is InChI=1S/C19H20ClN/c1-12-4-6-13(7-5-12)18-16-3-2-10-21-19(16)15-9-8-14(20)11-17(15)18/h4-9,11,16,18-19,21H,2-3,10H2,1H3. The summed E-state index contributed by atoms with van der Waals surface area (Å²) in [6.45, 7) is 3.28. The Morgan fingerprint density at radius 1 is 1.05 bits per heavy atom. The van der Waals surface area contributed by atoms with E-state index in [2.05, 4.69) is 48.6 Å². The van der Waals surface area contributed by atoms with Gasteiger partial charge in [-0.3, -0.25) is 0 Å². The van der Waals surface area contributed by atoms with Crippen molar-refractivity contribution in [3.05, 3.63) is 69.7 Å². The summed E-state index contributed by atoms with van der Waals surface area (Å²) in [6, 6.07) is 16.0. The van der Waals surface area contributed by atoms with Crippen molar-refractivity contribution in [2.75, 3.05) is 6.54 Å². The molecule has 0 radical (unpaired) electrons. The highest BCUT2D eigenvalue weighted by Gasteiger charge is 2.42. The number of hydrogen-bond donors (Lipinski definition) is 1. The van der Waals surface area contributed by atoms with Crippen LogP contribution in [0, 0.1) is 12.8 Å². The number of hydrogen-bond acceptors (Lipinski definition) is 1. The minimum atomic E-state index is 0.483. The molecule has 0 saturated carbocycles. The first-order valence-electron chi connectivity index (χ1n) is 7.83. The van der Waals surface area contributed by atoms with Crippen molar-refractivity contribution >= 4 is 11.6 Å². The van der Waals surface area contributed by atoms with E-state index in [4.69, 9.17) is 11.6 Å². The number of benzene rings is 2. The average molecular weight is 298 g/mol. The lowest BCUT2D eigenvalue weighted by molar-refractivity contribution is 0.287. The Bertz CT molecular complexity index is 662. The van der Waals surface area contributed by atoms with Crippen molar-refractivity contribution in [3.63, 3.8) is 0 Å². The Kier molecular flexibility index (Phi) is 3.28. The highest BCUT2D eigenvalue weighted by atomic mass is 35.5. The summed E-state index contributed by atoms with van der Waals surface area (Å²) in [5.74, 6) is 1.15. The number of rotatable bonds is 1. The van der Waals surface area contributed by atoms with Gasteiger partial charge >= 0.3 is 0 Å². The van der Waals surface area contributed by atoms with Gasteiger partial charge in [-0.15, -0.1) is 0 Å². The molecule has 21 heavy (non-hydrogen) atoms. The molecule has 1 aliphatic heterocycles. The van der Waals surface area contributed by atoms with Gasteiger partial charge in [0.15, 0.2) is 0 Å². The zero-order valence-corrected chi connectivity index (χ0v) is 13.0. The third kappa shape index (κ3) is 2.20. The fraction of sp³-hybridized carbons (Fsp3) is 0.368. The Morgan fingerprint density at radius 3 is 2.67 bits per heavy atom. The Balaban J connectivity index is 1.85. The summed E-state index contributed by atoms with van der Waals surface area (Å²) in [5.41, 5.74) is 5.63. The number of nitrogens with one attached hydrogen (secondary N) is 1. The smallest absolute Gasteiger partial charge is 0.0409 e. The van der Waals surface area contributed by atoms with E-state index in [0.29, 0.717) is 17.9 Å². The molecule has 4 rings (SSSR count). The summed E-state index contributed by atoms with van der Waals surface area (Å²) in [6.07, 6.45) is 2.56. The molecule has 1 aliphatic carbocycles. The van der Waals surface area contributed by atoms with E-state index in [0.717, 1.165) is 11.6 Å². The monoisotopic (exact) mass is 297 g/mol. The van der Waals surface area contributed by atoms with E-state index in [1.165, 1.54) is 35.1 Å². The zero-order chi connectivity index (χ0) is 14.4. The molecule has 3 atom stereocenters. The van der Waals surface area contributed by atoms with Crippen molar-refractivity contribution in [1.29, 1.82) is 0 Å². The van der Waals surface area contributed by atoms with E-state index in [9.17, 15) is 0 Å². The van der Waals surface area contributed by atoms with Crippen LogP contribution in [0.1, 0.15) is 47.1 Å². The summed E-state index contributed by atoms with van der Waals surface area (Å²) < 4.78 is 0. The molecule has 1 N–H and O–H groups in total. The molecule has 2 heteroatoms. The normalized spacial score (nSPS) is 27.2. The predicted molar refractivity (Wildman–Crippen MR) is 87.9 cm³/mol. The topological polar surface area (TPSA) is 12.0 Å². The third-order valence-corrected chi connectivity index (χ3v) is 5.33. The van der Waals surface area contributed by atoms with Gasteiger partial charge in [0.1, 0.15) is 0 Å². The molecule has 1 saturated heterocycles. The predicted octanol–water partition coefficient (Wildman–Crippen LogP) is 4.83. The largest absolute Gasteiger partial charge is 0.310 e. The molecule has 2 aromatic carbocycles. The van der Waals surface area contributed by atoms with Gasteiger partial charge in [-0.1, -0.05) is 47.5 Å². The molecule has 1 nitrogen and oxygen atoms in total. The van der Waals surface area contributed by atoms with Crippen molar-refractivity contribution in [1.82, 2.24) is 5.32 Å². The zero-order valence-electron chi connectivity index (χ0n) is 12.3. The SMILES string of the molecule is Cc1ccc(C2c3cc(Cl)ccc3C3NCCCC32)cc1. The van der Waals surface area contributed by atoms with Gasteiger partial charge in [-0.2, -0.15) is 0 Å². The van der Waals surface area contributed by atoms with Crippen LogP contribution in [0.15, 0.2) is 42.5 Å². The van der Waals surface area contributed by atoms with Crippen LogP contribution in [-0.4, -0.2) is 6.54 Å². The Morgan fingerprint density at radius 2 is 1.86 bits per heavy atom. The second-order valence-corrected chi connectivity index (χ2v) is 6.84.